The summed E-state index contributed by atoms with van der Waals surface area (Å²) in [6, 6.07) is 6.04. The largest absolute Gasteiger partial charge is 0.485 e. The minimum atomic E-state index is -0.603. The van der Waals surface area contributed by atoms with Crippen LogP contribution in [0.4, 0.5) is 0 Å². The fourth-order valence-corrected chi connectivity index (χ4v) is 4.85. The molecule has 2 unspecified atom stereocenters. The van der Waals surface area contributed by atoms with Gasteiger partial charge in [-0.1, -0.05) is 11.6 Å². The Labute approximate surface area is 164 Å². The molecule has 0 radical (unpaired) electrons. The normalized spacial score (nSPS) is 23.0. The molecule has 1 aromatic carbocycles. The Bertz CT molecular complexity index is 867. The lowest BCUT2D eigenvalue weighted by Crippen LogP contribution is -2.53. The molecule has 1 fully saturated rings. The highest BCUT2D eigenvalue weighted by Gasteiger charge is 2.35. The summed E-state index contributed by atoms with van der Waals surface area (Å²) in [5.74, 6) is 0.874. The van der Waals surface area contributed by atoms with Gasteiger partial charge in [-0.25, -0.2) is 0 Å². The van der Waals surface area contributed by atoms with Crippen molar-refractivity contribution in [2.75, 3.05) is 26.2 Å². The Morgan fingerprint density at radius 2 is 2.07 bits per heavy atom. The molecule has 2 aliphatic heterocycles. The Balaban J connectivity index is 1.49. The van der Waals surface area contributed by atoms with E-state index < -0.39 is 6.23 Å². The molecule has 5 rings (SSSR count). The number of nitrogens with zero attached hydrogens (tertiary/aromatic N) is 2. The zero-order valence-corrected chi connectivity index (χ0v) is 16.0. The molecule has 0 saturated carbocycles. The van der Waals surface area contributed by atoms with Gasteiger partial charge in [-0.2, -0.15) is 0 Å². The lowest BCUT2D eigenvalue weighted by atomic mass is 9.96. The average Bonchev–Trinajstić information content (AvgIpc) is 3.34. The van der Waals surface area contributed by atoms with Gasteiger partial charge in [0.1, 0.15) is 18.1 Å². The van der Waals surface area contributed by atoms with Crippen molar-refractivity contribution in [2.45, 2.75) is 38.0 Å². The molecule has 2 aromatic rings. The monoisotopic (exact) mass is 385 g/mol. The third-order valence-corrected chi connectivity index (χ3v) is 6.17. The van der Waals surface area contributed by atoms with Crippen LogP contribution in [0.3, 0.4) is 0 Å². The van der Waals surface area contributed by atoms with Crippen molar-refractivity contribution < 1.29 is 9.84 Å². The predicted octanol–water partition coefficient (Wildman–Crippen LogP) is 2.42. The summed E-state index contributed by atoms with van der Waals surface area (Å²) in [7, 11) is 0. The number of hydrogen-bond donors (Lipinski definition) is 2. The maximum absolute atomic E-state index is 10.9. The third-order valence-electron chi connectivity index (χ3n) is 5.95. The van der Waals surface area contributed by atoms with Crippen LogP contribution in [0.15, 0.2) is 24.4 Å². The van der Waals surface area contributed by atoms with Crippen molar-refractivity contribution in [3.8, 4) is 16.9 Å². The van der Waals surface area contributed by atoms with Crippen molar-refractivity contribution in [3.05, 3.63) is 46.2 Å². The first-order chi connectivity index (χ1) is 13.2. The van der Waals surface area contributed by atoms with Crippen molar-refractivity contribution in [3.63, 3.8) is 0 Å². The highest BCUT2D eigenvalue weighted by Crippen LogP contribution is 2.44. The molecule has 3 aliphatic rings. The Morgan fingerprint density at radius 3 is 2.93 bits per heavy atom. The highest BCUT2D eigenvalue weighted by molar-refractivity contribution is 6.31. The topological polar surface area (TPSA) is 57.6 Å². The van der Waals surface area contributed by atoms with Crippen LogP contribution in [0, 0.1) is 0 Å². The molecule has 1 saturated heterocycles. The zero-order valence-electron chi connectivity index (χ0n) is 15.2. The number of fused-ring (bicyclic) bond motifs is 2. The van der Waals surface area contributed by atoms with Crippen LogP contribution in [0.25, 0.3) is 11.1 Å². The maximum atomic E-state index is 10.9. The number of piperazine rings is 1. The second kappa shape index (κ2) is 7.06. The lowest BCUT2D eigenvalue weighted by molar-refractivity contribution is -0.0692. The molecule has 0 bridgehead atoms. The van der Waals surface area contributed by atoms with Crippen LogP contribution in [0.1, 0.15) is 23.2 Å². The number of pyridine rings is 1. The van der Waals surface area contributed by atoms with Gasteiger partial charge >= 0.3 is 0 Å². The van der Waals surface area contributed by atoms with E-state index >= 15 is 0 Å². The minimum absolute atomic E-state index is 0.259. The molecule has 6 heteroatoms. The van der Waals surface area contributed by atoms with Crippen molar-refractivity contribution >= 4 is 11.6 Å². The number of hydrogen-bond acceptors (Lipinski definition) is 5. The van der Waals surface area contributed by atoms with Crippen molar-refractivity contribution in [2.24, 2.45) is 0 Å². The second-order valence-corrected chi connectivity index (χ2v) is 8.08. The number of nitrogens with one attached hydrogen (secondary N) is 1. The summed E-state index contributed by atoms with van der Waals surface area (Å²) < 4.78 is 6.33. The number of aromatic nitrogens is 1. The summed E-state index contributed by atoms with van der Waals surface area (Å²) in [5.41, 5.74) is 5.80. The minimum Gasteiger partial charge on any atom is -0.485 e. The molecule has 3 heterocycles. The zero-order chi connectivity index (χ0) is 18.4. The number of aryl methyl sites for hydroxylation is 1. The van der Waals surface area contributed by atoms with Gasteiger partial charge in [-0.15, -0.1) is 0 Å². The number of benzene rings is 1. The molecule has 1 aliphatic carbocycles. The van der Waals surface area contributed by atoms with E-state index in [0.29, 0.717) is 11.4 Å². The molecule has 1 aromatic heterocycles. The molecule has 0 spiro atoms. The van der Waals surface area contributed by atoms with Crippen LogP contribution in [-0.4, -0.2) is 53.5 Å². The fraction of sp³-hybridized carbons (Fsp3) is 0.476. The van der Waals surface area contributed by atoms with E-state index in [1.165, 1.54) is 16.8 Å². The summed E-state index contributed by atoms with van der Waals surface area (Å²) in [6.07, 6.45) is 4.94. The van der Waals surface area contributed by atoms with Crippen LogP contribution >= 0.6 is 11.6 Å². The molecule has 0 amide bonds. The molecule has 142 valence electrons. The van der Waals surface area contributed by atoms with E-state index in [4.69, 9.17) is 16.3 Å². The first-order valence-electron chi connectivity index (χ1n) is 9.80. The van der Waals surface area contributed by atoms with Gasteiger partial charge < -0.3 is 15.2 Å². The Kier molecular flexibility index (Phi) is 4.56. The fourth-order valence-electron chi connectivity index (χ4n) is 4.61. The molecule has 2 atom stereocenters. The number of halogens is 1. The van der Waals surface area contributed by atoms with Crippen molar-refractivity contribution in [1.82, 2.24) is 15.2 Å². The first-order valence-corrected chi connectivity index (χ1v) is 10.2. The highest BCUT2D eigenvalue weighted by atomic mass is 35.5. The van der Waals surface area contributed by atoms with Crippen LogP contribution in [0.2, 0.25) is 5.02 Å². The van der Waals surface area contributed by atoms with E-state index in [-0.39, 0.29) is 6.10 Å². The molecule has 2 N–H and O–H groups in total. The van der Waals surface area contributed by atoms with E-state index in [9.17, 15) is 5.11 Å². The van der Waals surface area contributed by atoms with Gasteiger partial charge in [0.2, 0.25) is 0 Å². The number of ether oxygens (including phenoxy) is 1. The summed E-state index contributed by atoms with van der Waals surface area (Å²) in [5, 5.41) is 14.9. The number of aliphatic hydroxyl groups excluding tert-OH is 1. The summed E-state index contributed by atoms with van der Waals surface area (Å²) in [6.45, 7) is 3.47. The summed E-state index contributed by atoms with van der Waals surface area (Å²) >= 11 is 6.45. The van der Waals surface area contributed by atoms with Crippen LogP contribution in [-0.2, 0) is 19.3 Å². The summed E-state index contributed by atoms with van der Waals surface area (Å²) in [4.78, 5) is 6.64. The molecular weight excluding hydrogens is 362 g/mol. The smallest absolute Gasteiger partial charge is 0.145 e. The van der Waals surface area contributed by atoms with Gasteiger partial charge in [0, 0.05) is 60.6 Å². The van der Waals surface area contributed by atoms with E-state index in [2.05, 4.69) is 21.3 Å². The van der Waals surface area contributed by atoms with Gasteiger partial charge in [0.15, 0.2) is 0 Å². The second-order valence-electron chi connectivity index (χ2n) is 7.64. The van der Waals surface area contributed by atoms with Crippen LogP contribution < -0.4 is 10.1 Å². The quantitative estimate of drug-likeness (QED) is 0.849. The average molecular weight is 386 g/mol. The predicted molar refractivity (Wildman–Crippen MR) is 105 cm³/mol. The SMILES string of the molecule is OC(C1Cc2cc(Cl)cc(-c3ccnc4c3CCC4)c2O1)N1CCNCC1. The van der Waals surface area contributed by atoms with E-state index in [0.717, 1.165) is 62.3 Å². The molecule has 27 heavy (non-hydrogen) atoms. The van der Waals surface area contributed by atoms with E-state index in [1.807, 2.05) is 18.3 Å². The number of rotatable bonds is 3. The van der Waals surface area contributed by atoms with Crippen LogP contribution in [0.5, 0.6) is 5.75 Å². The standard InChI is InChI=1S/C21H24ClN3O2/c22-14-10-13-11-19(21(26)25-8-6-23-7-9-25)27-20(13)17(12-14)15-4-5-24-18-3-1-2-16(15)18/h4-5,10,12,19,21,23,26H,1-3,6-9,11H2. The van der Waals surface area contributed by atoms with Gasteiger partial charge in [-0.05, 0) is 48.6 Å². The first kappa shape index (κ1) is 17.4. The molecule has 5 nitrogen and oxygen atoms in total. The third kappa shape index (κ3) is 3.13. The van der Waals surface area contributed by atoms with Gasteiger partial charge in [0.05, 0.1) is 0 Å². The lowest BCUT2D eigenvalue weighted by Gasteiger charge is -2.34. The van der Waals surface area contributed by atoms with Crippen molar-refractivity contribution in [1.29, 1.82) is 0 Å². The Morgan fingerprint density at radius 1 is 1.22 bits per heavy atom. The van der Waals surface area contributed by atoms with Gasteiger partial charge in [0.25, 0.3) is 0 Å². The Hall–Kier alpha value is -1.66. The number of aliphatic hydroxyl groups is 1. The van der Waals surface area contributed by atoms with E-state index in [1.54, 1.807) is 0 Å². The molecular formula is C21H24ClN3O2. The van der Waals surface area contributed by atoms with Gasteiger partial charge in [-0.3, -0.25) is 9.88 Å². The maximum Gasteiger partial charge on any atom is 0.145 e.